The number of pyridine rings is 1. The molecule has 4 nitrogen and oxygen atoms in total. The van der Waals surface area contributed by atoms with Crippen molar-refractivity contribution in [3.63, 3.8) is 0 Å². The van der Waals surface area contributed by atoms with Gasteiger partial charge in [0.05, 0.1) is 19.3 Å². The Morgan fingerprint density at radius 1 is 1.50 bits per heavy atom. The first kappa shape index (κ1) is 9.58. The lowest BCUT2D eigenvalue weighted by molar-refractivity contribution is -0.153. The van der Waals surface area contributed by atoms with Gasteiger partial charge in [0, 0.05) is 18.9 Å². The van der Waals surface area contributed by atoms with E-state index in [0.717, 1.165) is 5.56 Å². The zero-order valence-corrected chi connectivity index (χ0v) is 7.93. The Morgan fingerprint density at radius 3 is 2.71 bits per heavy atom. The summed E-state index contributed by atoms with van der Waals surface area (Å²) in [4.78, 5) is 3.95. The van der Waals surface area contributed by atoms with Gasteiger partial charge in [-0.2, -0.15) is 0 Å². The van der Waals surface area contributed by atoms with E-state index in [1.165, 1.54) is 0 Å². The minimum atomic E-state index is -0.0353. The van der Waals surface area contributed by atoms with E-state index in [-0.39, 0.29) is 12.2 Å². The van der Waals surface area contributed by atoms with Gasteiger partial charge in [-0.3, -0.25) is 4.98 Å². The van der Waals surface area contributed by atoms with Crippen molar-refractivity contribution in [3.05, 3.63) is 30.1 Å². The molecule has 1 unspecified atom stereocenters. The van der Waals surface area contributed by atoms with Crippen LogP contribution in [0.3, 0.4) is 0 Å². The number of hydrogen-bond donors (Lipinski definition) is 1. The maximum atomic E-state index is 5.74. The first-order valence-electron chi connectivity index (χ1n) is 4.73. The van der Waals surface area contributed by atoms with Crippen LogP contribution in [-0.4, -0.2) is 30.8 Å². The molecule has 2 N–H and O–H groups in total. The lowest BCUT2D eigenvalue weighted by Crippen LogP contribution is -2.38. The predicted molar refractivity (Wildman–Crippen MR) is 51.7 cm³/mol. The van der Waals surface area contributed by atoms with Gasteiger partial charge in [-0.1, -0.05) is 0 Å². The molecule has 1 aliphatic heterocycles. The van der Waals surface area contributed by atoms with Crippen molar-refractivity contribution in [3.8, 4) is 0 Å². The summed E-state index contributed by atoms with van der Waals surface area (Å²) in [5.74, 6) is 0. The molecule has 0 amide bonds. The van der Waals surface area contributed by atoms with E-state index in [1.54, 1.807) is 12.4 Å². The minimum Gasteiger partial charge on any atom is -0.376 e. The number of nitrogens with two attached hydrogens (primary N) is 1. The predicted octanol–water partition coefficient (Wildman–Crippen LogP) is 0.497. The Kier molecular flexibility index (Phi) is 3.08. The van der Waals surface area contributed by atoms with Gasteiger partial charge in [-0.25, -0.2) is 0 Å². The molecule has 0 radical (unpaired) electrons. The summed E-state index contributed by atoms with van der Waals surface area (Å²) >= 11 is 0. The molecule has 1 atom stereocenters. The average molecular weight is 194 g/mol. The topological polar surface area (TPSA) is 57.4 Å². The highest BCUT2D eigenvalue weighted by Gasteiger charge is 2.23. The molecule has 0 aromatic carbocycles. The smallest absolute Gasteiger partial charge is 0.105 e. The molecule has 76 valence electrons. The largest absolute Gasteiger partial charge is 0.376 e. The third kappa shape index (κ3) is 2.09. The monoisotopic (exact) mass is 194 g/mol. The van der Waals surface area contributed by atoms with Gasteiger partial charge < -0.3 is 15.2 Å². The van der Waals surface area contributed by atoms with Crippen LogP contribution in [0.5, 0.6) is 0 Å². The highest BCUT2D eigenvalue weighted by Crippen LogP contribution is 2.20. The van der Waals surface area contributed by atoms with Crippen LogP contribution in [-0.2, 0) is 9.47 Å². The second-order valence-electron chi connectivity index (χ2n) is 3.30. The number of hydrogen-bond acceptors (Lipinski definition) is 4. The number of aromatic nitrogens is 1. The summed E-state index contributed by atoms with van der Waals surface area (Å²) < 4.78 is 10.8. The van der Waals surface area contributed by atoms with Gasteiger partial charge in [-0.05, 0) is 17.7 Å². The molecule has 2 rings (SSSR count). The van der Waals surface area contributed by atoms with Crippen molar-refractivity contribution in [2.75, 3.05) is 19.8 Å². The third-order valence-corrected chi connectivity index (χ3v) is 2.26. The fourth-order valence-corrected chi connectivity index (χ4v) is 1.37. The summed E-state index contributed by atoms with van der Waals surface area (Å²) in [6.45, 7) is 1.85. The fourth-order valence-electron chi connectivity index (χ4n) is 1.37. The summed E-state index contributed by atoms with van der Waals surface area (Å²) in [7, 11) is 0. The number of nitrogens with zero attached hydrogens (tertiary/aromatic N) is 1. The fraction of sp³-hybridized carbons (Fsp3) is 0.500. The van der Waals surface area contributed by atoms with E-state index in [0.29, 0.717) is 19.8 Å². The molecule has 0 bridgehead atoms. The van der Waals surface area contributed by atoms with Crippen LogP contribution in [0, 0.1) is 0 Å². The lowest BCUT2D eigenvalue weighted by atomic mass is 10.1. The summed E-state index contributed by atoms with van der Waals surface area (Å²) in [5, 5.41) is 0. The van der Waals surface area contributed by atoms with Gasteiger partial charge in [0.2, 0.25) is 0 Å². The zero-order valence-electron chi connectivity index (χ0n) is 7.93. The molecule has 1 aliphatic rings. The van der Waals surface area contributed by atoms with Crippen LogP contribution in [0.1, 0.15) is 11.7 Å². The Bertz CT molecular complexity index is 275. The van der Waals surface area contributed by atoms with Crippen LogP contribution in [0.15, 0.2) is 24.5 Å². The van der Waals surface area contributed by atoms with Crippen molar-refractivity contribution in [2.24, 2.45) is 5.73 Å². The van der Waals surface area contributed by atoms with E-state index < -0.39 is 0 Å². The Hall–Kier alpha value is -0.970. The van der Waals surface area contributed by atoms with Crippen LogP contribution >= 0.6 is 0 Å². The summed E-state index contributed by atoms with van der Waals surface area (Å²) in [5.41, 5.74) is 6.72. The Morgan fingerprint density at radius 2 is 2.21 bits per heavy atom. The first-order valence-corrected chi connectivity index (χ1v) is 4.73. The minimum absolute atomic E-state index is 0.0353. The van der Waals surface area contributed by atoms with Gasteiger partial charge >= 0.3 is 0 Å². The molecule has 1 saturated heterocycles. The molecule has 14 heavy (non-hydrogen) atoms. The highest BCUT2D eigenvalue weighted by molar-refractivity contribution is 5.13. The molecule has 4 heteroatoms. The van der Waals surface area contributed by atoms with Crippen LogP contribution in [0.2, 0.25) is 0 Å². The van der Waals surface area contributed by atoms with E-state index >= 15 is 0 Å². The molecular weight excluding hydrogens is 180 g/mol. The number of ether oxygens (including phenoxy) is 2. The van der Waals surface area contributed by atoms with Crippen molar-refractivity contribution >= 4 is 0 Å². The van der Waals surface area contributed by atoms with Crippen molar-refractivity contribution in [2.45, 2.75) is 12.2 Å². The highest BCUT2D eigenvalue weighted by atomic mass is 16.6. The van der Waals surface area contributed by atoms with E-state index in [4.69, 9.17) is 15.2 Å². The SMILES string of the molecule is NCC(OC1COC1)c1ccncc1. The maximum Gasteiger partial charge on any atom is 0.105 e. The molecule has 1 aromatic heterocycles. The molecule has 0 spiro atoms. The van der Waals surface area contributed by atoms with Crippen LogP contribution < -0.4 is 5.73 Å². The zero-order chi connectivity index (χ0) is 9.80. The van der Waals surface area contributed by atoms with E-state index in [1.807, 2.05) is 12.1 Å². The van der Waals surface area contributed by atoms with E-state index in [9.17, 15) is 0 Å². The van der Waals surface area contributed by atoms with Crippen molar-refractivity contribution in [1.29, 1.82) is 0 Å². The average Bonchev–Trinajstić information content (AvgIpc) is 2.18. The molecule has 1 aromatic rings. The second kappa shape index (κ2) is 4.50. The number of rotatable bonds is 4. The quantitative estimate of drug-likeness (QED) is 0.758. The van der Waals surface area contributed by atoms with E-state index in [2.05, 4.69) is 4.98 Å². The van der Waals surface area contributed by atoms with Crippen molar-refractivity contribution in [1.82, 2.24) is 4.98 Å². The Balaban J connectivity index is 1.98. The molecule has 1 fully saturated rings. The standard InChI is InChI=1S/C10H14N2O2/c11-5-10(14-9-6-13-7-9)8-1-3-12-4-2-8/h1-4,9-10H,5-7,11H2. The van der Waals surface area contributed by atoms with Gasteiger partial charge in [0.25, 0.3) is 0 Å². The normalized spacial score (nSPS) is 18.9. The summed E-state index contributed by atoms with van der Waals surface area (Å²) in [6, 6.07) is 3.86. The lowest BCUT2D eigenvalue weighted by Gasteiger charge is -2.30. The van der Waals surface area contributed by atoms with Crippen LogP contribution in [0.4, 0.5) is 0 Å². The molecule has 0 saturated carbocycles. The Labute approximate surface area is 83.0 Å². The summed E-state index contributed by atoms with van der Waals surface area (Å²) in [6.07, 6.45) is 3.67. The van der Waals surface area contributed by atoms with Crippen LogP contribution in [0.25, 0.3) is 0 Å². The molecule has 2 heterocycles. The molecular formula is C10H14N2O2. The van der Waals surface area contributed by atoms with Crippen molar-refractivity contribution < 1.29 is 9.47 Å². The van der Waals surface area contributed by atoms with Gasteiger partial charge in [0.15, 0.2) is 0 Å². The third-order valence-electron chi connectivity index (χ3n) is 2.26. The molecule has 0 aliphatic carbocycles. The van der Waals surface area contributed by atoms with Gasteiger partial charge in [0.1, 0.15) is 6.10 Å². The van der Waals surface area contributed by atoms with Gasteiger partial charge in [-0.15, -0.1) is 0 Å². The first-order chi connectivity index (χ1) is 6.90. The second-order valence-corrected chi connectivity index (χ2v) is 3.30. The maximum absolute atomic E-state index is 5.74.